The van der Waals surface area contributed by atoms with Crippen molar-refractivity contribution in [3.63, 3.8) is 0 Å². The van der Waals surface area contributed by atoms with Crippen molar-refractivity contribution < 1.29 is 9.90 Å². The van der Waals surface area contributed by atoms with E-state index in [0.29, 0.717) is 25.9 Å². The van der Waals surface area contributed by atoms with Crippen molar-refractivity contribution in [2.75, 3.05) is 13.1 Å². The number of piperidine rings is 1. The summed E-state index contributed by atoms with van der Waals surface area (Å²) < 4.78 is 0. The first-order chi connectivity index (χ1) is 5.72. The Bertz CT molecular complexity index is 177. The molecule has 1 amide bonds. The average Bonchev–Trinajstić information content (AvgIpc) is 2.05. The molecule has 0 saturated carbocycles. The van der Waals surface area contributed by atoms with Crippen molar-refractivity contribution in [1.29, 1.82) is 0 Å². The molecule has 68 valence electrons. The molecule has 6 nitrogen and oxygen atoms in total. The maximum Gasteiger partial charge on any atom is 0.404 e. The molecule has 0 radical (unpaired) electrons. The monoisotopic (exact) mass is 173 g/mol. The minimum absolute atomic E-state index is 0.0273. The molecule has 0 aromatic rings. The molecule has 0 unspecified atom stereocenters. The van der Waals surface area contributed by atoms with Crippen LogP contribution >= 0.6 is 0 Å². The summed E-state index contributed by atoms with van der Waals surface area (Å²) >= 11 is 0. The van der Waals surface area contributed by atoms with Crippen molar-refractivity contribution in [3.05, 3.63) is 4.91 Å². The Morgan fingerprint density at radius 3 is 2.50 bits per heavy atom. The zero-order chi connectivity index (χ0) is 8.97. The van der Waals surface area contributed by atoms with Gasteiger partial charge in [0.2, 0.25) is 0 Å². The summed E-state index contributed by atoms with van der Waals surface area (Å²) in [4.78, 5) is 20.2. The highest BCUT2D eigenvalue weighted by Crippen LogP contribution is 2.09. The maximum absolute atomic E-state index is 10.2. The quantitative estimate of drug-likeness (QED) is 0.592. The fourth-order valence-corrected chi connectivity index (χ4v) is 1.27. The lowest BCUT2D eigenvalue weighted by molar-refractivity contribution is 0.169. The summed E-state index contributed by atoms with van der Waals surface area (Å²) in [5, 5.41) is 14.9. The molecule has 0 aromatic heterocycles. The summed E-state index contributed by atoms with van der Waals surface area (Å²) in [6, 6.07) is -0.0273. The smallest absolute Gasteiger partial charge is 0.404 e. The van der Waals surface area contributed by atoms with E-state index in [1.165, 1.54) is 5.01 Å². The SMILES string of the molecule is O=NN1CCC(NC(=O)O)CC1. The molecule has 0 atom stereocenters. The van der Waals surface area contributed by atoms with E-state index in [-0.39, 0.29) is 6.04 Å². The van der Waals surface area contributed by atoms with Crippen LogP contribution in [0.3, 0.4) is 0 Å². The first-order valence-electron chi connectivity index (χ1n) is 3.80. The van der Waals surface area contributed by atoms with Gasteiger partial charge in [0.25, 0.3) is 0 Å². The van der Waals surface area contributed by atoms with E-state index in [1.807, 2.05) is 0 Å². The summed E-state index contributed by atoms with van der Waals surface area (Å²) in [5.74, 6) is 0. The van der Waals surface area contributed by atoms with Gasteiger partial charge in [-0.3, -0.25) is 5.01 Å². The lowest BCUT2D eigenvalue weighted by Gasteiger charge is -2.27. The first kappa shape index (κ1) is 8.76. The van der Waals surface area contributed by atoms with Gasteiger partial charge < -0.3 is 10.4 Å². The zero-order valence-corrected chi connectivity index (χ0v) is 6.56. The largest absolute Gasteiger partial charge is 0.465 e. The number of nitrogens with zero attached hydrogens (tertiary/aromatic N) is 2. The summed E-state index contributed by atoms with van der Waals surface area (Å²) in [6.07, 6.45) is 0.295. The molecule has 12 heavy (non-hydrogen) atoms. The second-order valence-corrected chi connectivity index (χ2v) is 2.76. The fraction of sp³-hybridized carbons (Fsp3) is 0.833. The van der Waals surface area contributed by atoms with Gasteiger partial charge in [-0.25, -0.2) is 4.79 Å². The molecule has 1 rings (SSSR count). The topological polar surface area (TPSA) is 82.0 Å². The molecular weight excluding hydrogens is 162 g/mol. The van der Waals surface area contributed by atoms with Gasteiger partial charge in [-0.15, -0.1) is 4.91 Å². The van der Waals surface area contributed by atoms with Crippen LogP contribution in [-0.4, -0.2) is 35.3 Å². The fourth-order valence-electron chi connectivity index (χ4n) is 1.27. The Morgan fingerprint density at radius 2 is 2.08 bits per heavy atom. The Balaban J connectivity index is 2.26. The van der Waals surface area contributed by atoms with E-state index in [4.69, 9.17) is 5.11 Å². The third kappa shape index (κ3) is 2.37. The Morgan fingerprint density at radius 1 is 1.50 bits per heavy atom. The molecular formula is C6H11N3O3. The molecule has 6 heteroatoms. The standard InChI is InChI=1S/C6H11N3O3/c10-6(11)7-5-1-3-9(8-12)4-2-5/h5,7H,1-4H2,(H,10,11). The highest BCUT2D eigenvalue weighted by Gasteiger charge is 2.19. The van der Waals surface area contributed by atoms with Crippen molar-refractivity contribution in [1.82, 2.24) is 10.3 Å². The summed E-state index contributed by atoms with van der Waals surface area (Å²) in [7, 11) is 0. The van der Waals surface area contributed by atoms with Crippen LogP contribution in [0.2, 0.25) is 0 Å². The zero-order valence-electron chi connectivity index (χ0n) is 6.56. The van der Waals surface area contributed by atoms with Crippen LogP contribution in [0.1, 0.15) is 12.8 Å². The molecule has 0 aromatic carbocycles. The number of rotatable bonds is 2. The van der Waals surface area contributed by atoms with E-state index in [9.17, 15) is 9.70 Å². The Hall–Kier alpha value is -1.33. The highest BCUT2D eigenvalue weighted by molar-refractivity contribution is 5.64. The molecule has 1 aliphatic rings. The second kappa shape index (κ2) is 3.89. The molecule has 1 aliphatic heterocycles. The molecule has 0 bridgehead atoms. The number of carbonyl (C=O) groups is 1. The molecule has 0 spiro atoms. The van der Waals surface area contributed by atoms with Gasteiger partial charge in [0.05, 0.1) is 5.29 Å². The summed E-state index contributed by atoms with van der Waals surface area (Å²) in [5.41, 5.74) is 0. The van der Waals surface area contributed by atoms with Gasteiger partial charge in [0.1, 0.15) is 0 Å². The number of amides is 1. The molecule has 2 N–H and O–H groups in total. The Labute approximate surface area is 69.5 Å². The van der Waals surface area contributed by atoms with Gasteiger partial charge in [-0.1, -0.05) is 0 Å². The number of hydrogen-bond acceptors (Lipinski definition) is 3. The Kier molecular flexibility index (Phi) is 2.84. The first-order valence-corrected chi connectivity index (χ1v) is 3.80. The molecule has 1 saturated heterocycles. The summed E-state index contributed by atoms with van der Waals surface area (Å²) in [6.45, 7) is 1.07. The van der Waals surface area contributed by atoms with E-state index in [0.717, 1.165) is 0 Å². The number of hydrogen-bond donors (Lipinski definition) is 2. The lowest BCUT2D eigenvalue weighted by atomic mass is 10.1. The van der Waals surface area contributed by atoms with Gasteiger partial charge in [0, 0.05) is 19.1 Å². The third-order valence-electron chi connectivity index (χ3n) is 1.91. The van der Waals surface area contributed by atoms with Crippen LogP contribution in [0, 0.1) is 4.91 Å². The van der Waals surface area contributed by atoms with E-state index >= 15 is 0 Å². The van der Waals surface area contributed by atoms with E-state index in [2.05, 4.69) is 10.6 Å². The average molecular weight is 173 g/mol. The highest BCUT2D eigenvalue weighted by atomic mass is 16.4. The van der Waals surface area contributed by atoms with Gasteiger partial charge >= 0.3 is 6.09 Å². The lowest BCUT2D eigenvalue weighted by Crippen LogP contribution is -2.42. The molecule has 1 heterocycles. The van der Waals surface area contributed by atoms with Crippen LogP contribution < -0.4 is 5.32 Å². The number of carboxylic acid groups (broad SMARTS) is 1. The van der Waals surface area contributed by atoms with Crippen LogP contribution in [-0.2, 0) is 0 Å². The van der Waals surface area contributed by atoms with Crippen LogP contribution in [0.25, 0.3) is 0 Å². The maximum atomic E-state index is 10.2. The van der Waals surface area contributed by atoms with Crippen LogP contribution in [0.4, 0.5) is 4.79 Å². The molecule has 0 aliphatic carbocycles. The van der Waals surface area contributed by atoms with Crippen LogP contribution in [0.15, 0.2) is 5.29 Å². The predicted molar refractivity (Wildman–Crippen MR) is 41.6 cm³/mol. The van der Waals surface area contributed by atoms with Gasteiger partial charge in [-0.05, 0) is 12.8 Å². The van der Waals surface area contributed by atoms with E-state index in [1.54, 1.807) is 0 Å². The number of nitroso groups, excluding NO2 is 1. The van der Waals surface area contributed by atoms with Crippen molar-refractivity contribution in [2.24, 2.45) is 5.29 Å². The normalized spacial score (nSPS) is 18.8. The minimum Gasteiger partial charge on any atom is -0.465 e. The third-order valence-corrected chi connectivity index (χ3v) is 1.91. The van der Waals surface area contributed by atoms with Crippen molar-refractivity contribution >= 4 is 6.09 Å². The molecule has 1 fully saturated rings. The van der Waals surface area contributed by atoms with Crippen molar-refractivity contribution in [3.8, 4) is 0 Å². The minimum atomic E-state index is -1.01. The van der Waals surface area contributed by atoms with Gasteiger partial charge in [-0.2, -0.15) is 0 Å². The second-order valence-electron chi connectivity index (χ2n) is 2.76. The number of nitrogens with one attached hydrogen (secondary N) is 1. The van der Waals surface area contributed by atoms with E-state index < -0.39 is 6.09 Å². The van der Waals surface area contributed by atoms with Gasteiger partial charge in [0.15, 0.2) is 0 Å². The van der Waals surface area contributed by atoms with Crippen LogP contribution in [0.5, 0.6) is 0 Å². The predicted octanol–water partition coefficient (Wildman–Crippen LogP) is 0.400. The van der Waals surface area contributed by atoms with Crippen molar-refractivity contribution in [2.45, 2.75) is 18.9 Å².